The van der Waals surface area contributed by atoms with Gasteiger partial charge in [0.1, 0.15) is 0 Å². The Morgan fingerprint density at radius 1 is 1.57 bits per heavy atom. The van der Waals surface area contributed by atoms with Crippen molar-refractivity contribution >= 4 is 17.3 Å². The van der Waals surface area contributed by atoms with Gasteiger partial charge in [0.25, 0.3) is 0 Å². The molecule has 0 aliphatic heterocycles. The summed E-state index contributed by atoms with van der Waals surface area (Å²) < 4.78 is 0.539. The van der Waals surface area contributed by atoms with Gasteiger partial charge < -0.3 is 10.9 Å². The monoisotopic (exact) mass is 208 g/mol. The molecule has 0 aliphatic carbocycles. The van der Waals surface area contributed by atoms with E-state index >= 15 is 0 Å². The zero-order valence-electron chi connectivity index (χ0n) is 7.14. The lowest BCUT2D eigenvalue weighted by atomic mass is 10.3. The summed E-state index contributed by atoms with van der Waals surface area (Å²) in [5.41, 5.74) is 5.94. The lowest BCUT2D eigenvalue weighted by molar-refractivity contribution is 0.174. The number of anilines is 1. The zero-order chi connectivity index (χ0) is 10.1. The van der Waals surface area contributed by atoms with Crippen molar-refractivity contribution in [3.8, 4) is 10.6 Å². The van der Waals surface area contributed by atoms with Crippen molar-refractivity contribution in [2.45, 2.75) is 0 Å². The fourth-order valence-electron chi connectivity index (χ4n) is 1.07. The van der Waals surface area contributed by atoms with Crippen molar-refractivity contribution in [3.63, 3.8) is 0 Å². The number of hydrogen-bond acceptors (Lipinski definition) is 5. The van der Waals surface area contributed by atoms with Crippen LogP contribution in [0.5, 0.6) is 0 Å². The summed E-state index contributed by atoms with van der Waals surface area (Å²) in [6.07, 6.45) is 0. The van der Waals surface area contributed by atoms with E-state index in [0.29, 0.717) is 10.4 Å². The van der Waals surface area contributed by atoms with E-state index in [9.17, 15) is 5.21 Å². The summed E-state index contributed by atoms with van der Waals surface area (Å²) in [6, 6.07) is 5.23. The second-order valence-electron chi connectivity index (χ2n) is 2.67. The number of aromatic nitrogens is 2. The molecule has 0 unspecified atom stereocenters. The molecule has 0 fully saturated rings. The maximum absolute atomic E-state index is 9.17. The molecule has 14 heavy (non-hydrogen) atoms. The van der Waals surface area contributed by atoms with E-state index in [1.807, 2.05) is 17.5 Å². The fraction of sp³-hybridized carbons (Fsp3) is 0. The molecular formula is C8H8N4OS. The third-order valence-electron chi connectivity index (χ3n) is 1.73. The van der Waals surface area contributed by atoms with Crippen LogP contribution in [0.25, 0.3) is 10.6 Å². The van der Waals surface area contributed by atoms with Crippen LogP contribution < -0.4 is 11.2 Å². The van der Waals surface area contributed by atoms with Gasteiger partial charge in [0, 0.05) is 6.07 Å². The van der Waals surface area contributed by atoms with Crippen LogP contribution >= 0.6 is 11.3 Å². The summed E-state index contributed by atoms with van der Waals surface area (Å²) in [6.45, 7) is 0. The molecule has 4 N–H and O–H groups in total. The predicted molar refractivity (Wildman–Crippen MR) is 53.0 cm³/mol. The number of hydrogen-bond donors (Lipinski definition) is 3. The Kier molecular flexibility index (Phi) is 1.97. The molecule has 2 heterocycles. The number of thiophene rings is 1. The molecule has 6 heteroatoms. The van der Waals surface area contributed by atoms with Gasteiger partial charge in [0.2, 0.25) is 5.95 Å². The topological polar surface area (TPSA) is 87.9 Å². The molecule has 0 aliphatic rings. The van der Waals surface area contributed by atoms with E-state index in [0.717, 1.165) is 4.88 Å². The van der Waals surface area contributed by atoms with E-state index in [-0.39, 0.29) is 11.4 Å². The molecule has 2 rings (SSSR count). The highest BCUT2D eigenvalue weighted by molar-refractivity contribution is 7.13. The summed E-state index contributed by atoms with van der Waals surface area (Å²) in [7, 11) is 0. The SMILES string of the molecule is N=c1cc(-c2cccs2)nc(N)n1O. The highest BCUT2D eigenvalue weighted by Crippen LogP contribution is 2.21. The van der Waals surface area contributed by atoms with Crippen LogP contribution in [0.15, 0.2) is 23.6 Å². The van der Waals surface area contributed by atoms with Crippen molar-refractivity contribution in [2.75, 3.05) is 5.73 Å². The average molecular weight is 208 g/mol. The van der Waals surface area contributed by atoms with E-state index < -0.39 is 0 Å². The molecule has 0 amide bonds. The Morgan fingerprint density at radius 2 is 2.36 bits per heavy atom. The number of nitrogens with one attached hydrogen (secondary N) is 1. The zero-order valence-corrected chi connectivity index (χ0v) is 7.95. The molecular weight excluding hydrogens is 200 g/mol. The van der Waals surface area contributed by atoms with Gasteiger partial charge in [-0.05, 0) is 11.4 Å². The quantitative estimate of drug-likeness (QED) is 0.609. The van der Waals surface area contributed by atoms with Crippen molar-refractivity contribution in [1.29, 1.82) is 5.41 Å². The van der Waals surface area contributed by atoms with E-state index in [2.05, 4.69) is 4.98 Å². The minimum atomic E-state index is -0.0825. The van der Waals surface area contributed by atoms with Gasteiger partial charge >= 0.3 is 0 Å². The Bertz CT molecular complexity index is 503. The maximum Gasteiger partial charge on any atom is 0.236 e. The third kappa shape index (κ3) is 1.35. The van der Waals surface area contributed by atoms with Gasteiger partial charge in [-0.15, -0.1) is 16.1 Å². The minimum Gasteiger partial charge on any atom is -0.423 e. The molecule has 5 nitrogen and oxygen atoms in total. The van der Waals surface area contributed by atoms with Crippen LogP contribution in [0, 0.1) is 5.41 Å². The second-order valence-corrected chi connectivity index (χ2v) is 3.62. The molecule has 0 saturated heterocycles. The van der Waals surface area contributed by atoms with E-state index in [1.165, 1.54) is 17.4 Å². The third-order valence-corrected chi connectivity index (χ3v) is 2.62. The van der Waals surface area contributed by atoms with E-state index in [1.54, 1.807) is 0 Å². The standard InChI is InChI=1S/C8H8N4OS/c9-7-4-5(6-2-1-3-14-6)11-8(10)12(7)13/h1-4,9,13H,(H2,10,11). The summed E-state index contributed by atoms with van der Waals surface area (Å²) in [4.78, 5) is 4.88. The van der Waals surface area contributed by atoms with Gasteiger partial charge in [-0.2, -0.15) is 0 Å². The van der Waals surface area contributed by atoms with Gasteiger partial charge in [0.05, 0.1) is 10.6 Å². The molecule has 0 bridgehead atoms. The molecule has 0 spiro atoms. The summed E-state index contributed by atoms with van der Waals surface area (Å²) in [5, 5.41) is 18.5. The van der Waals surface area contributed by atoms with Gasteiger partial charge in [-0.3, -0.25) is 5.41 Å². The Labute approximate surface area is 83.6 Å². The number of rotatable bonds is 1. The van der Waals surface area contributed by atoms with Gasteiger partial charge in [-0.25, -0.2) is 4.98 Å². The molecule has 72 valence electrons. The van der Waals surface area contributed by atoms with Crippen LogP contribution in [-0.4, -0.2) is 14.9 Å². The maximum atomic E-state index is 9.17. The highest BCUT2D eigenvalue weighted by atomic mass is 32.1. The molecule has 2 aromatic heterocycles. The normalized spacial score (nSPS) is 10.3. The lowest BCUT2D eigenvalue weighted by Gasteiger charge is -2.03. The Hall–Kier alpha value is -1.82. The molecule has 2 aromatic rings. The summed E-state index contributed by atoms with van der Waals surface area (Å²) in [5.74, 6) is -0.0825. The van der Waals surface area contributed by atoms with Gasteiger partial charge in [0.15, 0.2) is 5.49 Å². The molecule has 0 atom stereocenters. The van der Waals surface area contributed by atoms with Crippen LogP contribution in [0.2, 0.25) is 0 Å². The average Bonchev–Trinajstić information content (AvgIpc) is 2.66. The van der Waals surface area contributed by atoms with Crippen molar-refractivity contribution < 1.29 is 5.21 Å². The van der Waals surface area contributed by atoms with Crippen molar-refractivity contribution in [1.82, 2.24) is 9.71 Å². The predicted octanol–water partition coefficient (Wildman–Crippen LogP) is 0.911. The van der Waals surface area contributed by atoms with E-state index in [4.69, 9.17) is 11.1 Å². The summed E-state index contributed by atoms with van der Waals surface area (Å²) >= 11 is 1.51. The molecule has 0 saturated carbocycles. The van der Waals surface area contributed by atoms with Gasteiger partial charge in [-0.1, -0.05) is 6.07 Å². The highest BCUT2D eigenvalue weighted by Gasteiger charge is 2.04. The van der Waals surface area contributed by atoms with Crippen LogP contribution in [0.3, 0.4) is 0 Å². The second kappa shape index (κ2) is 3.15. The van der Waals surface area contributed by atoms with Crippen LogP contribution in [-0.2, 0) is 0 Å². The number of nitrogens with two attached hydrogens (primary N) is 1. The first-order valence-electron chi connectivity index (χ1n) is 3.86. The van der Waals surface area contributed by atoms with Crippen LogP contribution in [0.4, 0.5) is 5.95 Å². The van der Waals surface area contributed by atoms with Crippen molar-refractivity contribution in [2.24, 2.45) is 0 Å². The first-order chi connectivity index (χ1) is 6.68. The number of nitrogen functional groups attached to an aromatic ring is 1. The fourth-order valence-corrected chi connectivity index (χ4v) is 1.75. The van der Waals surface area contributed by atoms with Crippen molar-refractivity contribution in [3.05, 3.63) is 29.1 Å². The lowest BCUT2D eigenvalue weighted by Crippen LogP contribution is -2.21. The first kappa shape index (κ1) is 8.76. The van der Waals surface area contributed by atoms with Crippen LogP contribution in [0.1, 0.15) is 0 Å². The Morgan fingerprint density at radius 3 is 2.93 bits per heavy atom. The smallest absolute Gasteiger partial charge is 0.236 e. The molecule has 0 radical (unpaired) electrons. The number of nitrogens with zero attached hydrogens (tertiary/aromatic N) is 2. The Balaban J connectivity index is 2.63. The first-order valence-corrected chi connectivity index (χ1v) is 4.74. The molecule has 0 aromatic carbocycles. The largest absolute Gasteiger partial charge is 0.423 e. The minimum absolute atomic E-state index is 0.0825.